The molecule has 1 N–H and O–H groups in total. The summed E-state index contributed by atoms with van der Waals surface area (Å²) in [6.07, 6.45) is 0. The second kappa shape index (κ2) is 7.66. The third-order valence-corrected chi connectivity index (χ3v) is 5.04. The monoisotopic (exact) mass is 406 g/mol. The van der Waals surface area contributed by atoms with Crippen LogP contribution in [0, 0.1) is 0 Å². The summed E-state index contributed by atoms with van der Waals surface area (Å²) in [5.74, 6) is -0.450. The standard InChI is InChI=1S/C19H16Cl2N2O2S/c1-11-16(18(24)25-2)17(14-9-8-12(20)10-15(14)21)22-19(26)23(11)13-6-4-3-5-7-13/h3-10,17H,1-2H3,(H,22,26)/t17-/m0/s1. The molecule has 0 bridgehead atoms. The molecule has 1 heterocycles. The molecule has 3 rings (SSSR count). The number of allylic oxidation sites excluding steroid dienone is 1. The van der Waals surface area contributed by atoms with Crippen molar-refractivity contribution in [2.24, 2.45) is 0 Å². The first kappa shape index (κ1) is 18.7. The maximum absolute atomic E-state index is 12.6. The fourth-order valence-corrected chi connectivity index (χ4v) is 3.85. The molecule has 0 saturated carbocycles. The van der Waals surface area contributed by atoms with Gasteiger partial charge in [-0.05, 0) is 49.0 Å². The van der Waals surface area contributed by atoms with Gasteiger partial charge in [-0.3, -0.25) is 4.90 Å². The number of hydrogen-bond donors (Lipinski definition) is 1. The lowest BCUT2D eigenvalue weighted by atomic mass is 9.94. The molecular formula is C19H16Cl2N2O2S. The Morgan fingerprint density at radius 2 is 1.88 bits per heavy atom. The zero-order valence-electron chi connectivity index (χ0n) is 14.1. The van der Waals surface area contributed by atoms with Gasteiger partial charge in [-0.15, -0.1) is 0 Å². The molecule has 0 spiro atoms. The Hall–Kier alpha value is -2.08. The van der Waals surface area contributed by atoms with Crippen LogP contribution in [-0.2, 0) is 9.53 Å². The van der Waals surface area contributed by atoms with Gasteiger partial charge in [-0.25, -0.2) is 4.79 Å². The van der Waals surface area contributed by atoms with E-state index in [9.17, 15) is 4.79 Å². The molecule has 2 aromatic carbocycles. The SMILES string of the molecule is COC(=O)C1=C(C)N(c2ccccc2)C(=S)N[C@H]1c1ccc(Cl)cc1Cl. The summed E-state index contributed by atoms with van der Waals surface area (Å²) < 4.78 is 5.02. The van der Waals surface area contributed by atoms with Crippen LogP contribution < -0.4 is 10.2 Å². The van der Waals surface area contributed by atoms with Crippen molar-refractivity contribution in [2.75, 3.05) is 12.0 Å². The number of nitrogens with zero attached hydrogens (tertiary/aromatic N) is 1. The van der Waals surface area contributed by atoms with Crippen molar-refractivity contribution in [1.82, 2.24) is 5.32 Å². The van der Waals surface area contributed by atoms with Crippen LogP contribution in [0.5, 0.6) is 0 Å². The lowest BCUT2D eigenvalue weighted by molar-refractivity contribution is -0.136. The van der Waals surface area contributed by atoms with E-state index >= 15 is 0 Å². The Bertz CT molecular complexity index is 900. The van der Waals surface area contributed by atoms with Crippen LogP contribution in [0.15, 0.2) is 59.8 Å². The second-order valence-corrected chi connectivity index (χ2v) is 6.94. The molecule has 7 heteroatoms. The number of para-hydroxylation sites is 1. The highest BCUT2D eigenvalue weighted by Crippen LogP contribution is 2.37. The summed E-state index contributed by atoms with van der Waals surface area (Å²) in [5.41, 5.74) is 2.67. The number of esters is 1. The number of anilines is 1. The third-order valence-electron chi connectivity index (χ3n) is 4.18. The normalized spacial score (nSPS) is 17.2. The largest absolute Gasteiger partial charge is 0.466 e. The fourth-order valence-electron chi connectivity index (χ4n) is 2.97. The van der Waals surface area contributed by atoms with E-state index in [0.29, 0.717) is 32.0 Å². The number of hydrogen-bond acceptors (Lipinski definition) is 3. The van der Waals surface area contributed by atoms with E-state index < -0.39 is 12.0 Å². The molecule has 4 nitrogen and oxygen atoms in total. The lowest BCUT2D eigenvalue weighted by Gasteiger charge is -2.37. The molecule has 0 aliphatic carbocycles. The number of carbonyl (C=O) groups excluding carboxylic acids is 1. The highest BCUT2D eigenvalue weighted by Gasteiger charge is 2.36. The number of thiocarbonyl (C=S) groups is 1. The summed E-state index contributed by atoms with van der Waals surface area (Å²) in [5, 5.41) is 4.64. The van der Waals surface area contributed by atoms with Crippen LogP contribution in [0.1, 0.15) is 18.5 Å². The molecule has 0 saturated heterocycles. The van der Waals surface area contributed by atoms with Gasteiger partial charge in [0.2, 0.25) is 0 Å². The van der Waals surface area contributed by atoms with Crippen LogP contribution in [0.2, 0.25) is 10.0 Å². The number of halogens is 2. The van der Waals surface area contributed by atoms with E-state index in [0.717, 1.165) is 5.69 Å². The molecule has 1 aliphatic heterocycles. The van der Waals surface area contributed by atoms with E-state index in [2.05, 4.69) is 5.32 Å². The molecule has 0 amide bonds. The van der Waals surface area contributed by atoms with Crippen LogP contribution in [0.3, 0.4) is 0 Å². The molecule has 0 fully saturated rings. The van der Waals surface area contributed by atoms with E-state index in [4.69, 9.17) is 40.2 Å². The Labute approximate surface area is 167 Å². The molecule has 1 atom stereocenters. The van der Waals surface area contributed by atoms with E-state index in [1.54, 1.807) is 18.2 Å². The van der Waals surface area contributed by atoms with E-state index in [-0.39, 0.29) is 0 Å². The smallest absolute Gasteiger partial charge is 0.337 e. The van der Waals surface area contributed by atoms with Crippen LogP contribution in [0.25, 0.3) is 0 Å². The predicted octanol–water partition coefficient (Wildman–Crippen LogP) is 4.88. The van der Waals surface area contributed by atoms with Crippen molar-refractivity contribution in [3.63, 3.8) is 0 Å². The van der Waals surface area contributed by atoms with Crippen molar-refractivity contribution >= 4 is 52.2 Å². The van der Waals surface area contributed by atoms with E-state index in [1.165, 1.54) is 7.11 Å². The van der Waals surface area contributed by atoms with Crippen molar-refractivity contribution in [3.05, 3.63) is 75.4 Å². The molecule has 0 aromatic heterocycles. The van der Waals surface area contributed by atoms with Crippen molar-refractivity contribution < 1.29 is 9.53 Å². The lowest BCUT2D eigenvalue weighted by Crippen LogP contribution is -2.48. The number of ether oxygens (including phenoxy) is 1. The van der Waals surface area contributed by atoms with Crippen molar-refractivity contribution in [3.8, 4) is 0 Å². The molecule has 2 aromatic rings. The Morgan fingerprint density at radius 1 is 1.19 bits per heavy atom. The van der Waals surface area contributed by atoms with Crippen LogP contribution in [-0.4, -0.2) is 18.2 Å². The second-order valence-electron chi connectivity index (χ2n) is 5.71. The molecule has 134 valence electrons. The minimum absolute atomic E-state index is 0.439. The number of benzene rings is 2. The number of nitrogens with one attached hydrogen (secondary N) is 1. The highest BCUT2D eigenvalue weighted by atomic mass is 35.5. The number of methoxy groups -OCH3 is 1. The summed E-state index contributed by atoms with van der Waals surface area (Å²) in [6.45, 7) is 1.84. The summed E-state index contributed by atoms with van der Waals surface area (Å²) in [6, 6.07) is 14.2. The maximum Gasteiger partial charge on any atom is 0.337 e. The van der Waals surface area contributed by atoms with Gasteiger partial charge in [-0.1, -0.05) is 47.5 Å². The third kappa shape index (κ3) is 3.43. The van der Waals surface area contributed by atoms with Gasteiger partial charge in [-0.2, -0.15) is 0 Å². The average Bonchev–Trinajstić information content (AvgIpc) is 2.61. The Morgan fingerprint density at radius 3 is 2.50 bits per heavy atom. The first-order valence-corrected chi connectivity index (χ1v) is 9.00. The summed E-state index contributed by atoms with van der Waals surface area (Å²) in [7, 11) is 1.35. The summed E-state index contributed by atoms with van der Waals surface area (Å²) in [4.78, 5) is 14.4. The van der Waals surface area contributed by atoms with Crippen molar-refractivity contribution in [2.45, 2.75) is 13.0 Å². The maximum atomic E-state index is 12.6. The highest BCUT2D eigenvalue weighted by molar-refractivity contribution is 7.80. The fraction of sp³-hybridized carbons (Fsp3) is 0.158. The van der Waals surface area contributed by atoms with Crippen LogP contribution in [0.4, 0.5) is 5.69 Å². The minimum atomic E-state index is -0.528. The Balaban J connectivity index is 2.16. The average molecular weight is 407 g/mol. The zero-order chi connectivity index (χ0) is 18.8. The van der Waals surface area contributed by atoms with E-state index in [1.807, 2.05) is 42.2 Å². The quantitative estimate of drug-likeness (QED) is 0.581. The molecule has 0 radical (unpaired) electrons. The van der Waals surface area contributed by atoms with Gasteiger partial charge in [0, 0.05) is 21.4 Å². The van der Waals surface area contributed by atoms with Gasteiger partial charge in [0.25, 0.3) is 0 Å². The first-order valence-electron chi connectivity index (χ1n) is 7.83. The molecular weight excluding hydrogens is 391 g/mol. The molecule has 1 aliphatic rings. The first-order chi connectivity index (χ1) is 12.4. The van der Waals surface area contributed by atoms with Gasteiger partial charge in [0.05, 0.1) is 18.7 Å². The topological polar surface area (TPSA) is 41.6 Å². The predicted molar refractivity (Wildman–Crippen MR) is 109 cm³/mol. The molecule has 0 unspecified atom stereocenters. The minimum Gasteiger partial charge on any atom is -0.466 e. The van der Waals surface area contributed by atoms with Gasteiger partial charge < -0.3 is 10.1 Å². The number of rotatable bonds is 3. The Kier molecular flexibility index (Phi) is 5.51. The van der Waals surface area contributed by atoms with Crippen LogP contribution >= 0.6 is 35.4 Å². The van der Waals surface area contributed by atoms with Gasteiger partial charge >= 0.3 is 5.97 Å². The van der Waals surface area contributed by atoms with Crippen molar-refractivity contribution in [1.29, 1.82) is 0 Å². The number of carbonyl (C=O) groups is 1. The summed E-state index contributed by atoms with van der Waals surface area (Å²) >= 11 is 17.9. The molecule has 26 heavy (non-hydrogen) atoms. The van der Waals surface area contributed by atoms with Gasteiger partial charge in [0.15, 0.2) is 5.11 Å². The zero-order valence-corrected chi connectivity index (χ0v) is 16.5. The van der Waals surface area contributed by atoms with Gasteiger partial charge in [0.1, 0.15) is 0 Å².